The molecule has 0 aromatic carbocycles. The van der Waals surface area contributed by atoms with E-state index in [4.69, 9.17) is 0 Å². The molecule has 0 aliphatic heterocycles. The molecule has 0 radical (unpaired) electrons. The summed E-state index contributed by atoms with van der Waals surface area (Å²) in [5.41, 5.74) is 0. The van der Waals surface area contributed by atoms with Crippen molar-refractivity contribution in [1.29, 1.82) is 0 Å². The molecule has 0 N–H and O–H groups in total. The first-order chi connectivity index (χ1) is 8.74. The van der Waals surface area contributed by atoms with Gasteiger partial charge in [-0.05, 0) is 55.3 Å². The summed E-state index contributed by atoms with van der Waals surface area (Å²) in [5, 5.41) is 0. The van der Waals surface area contributed by atoms with Gasteiger partial charge < -0.3 is 0 Å². The molecule has 0 aromatic rings. The third-order valence-corrected chi connectivity index (χ3v) is 6.12. The lowest BCUT2D eigenvalue weighted by Gasteiger charge is -2.41. The first kappa shape index (κ1) is 14.4. The van der Waals surface area contributed by atoms with E-state index in [1.807, 2.05) is 0 Å². The van der Waals surface area contributed by atoms with E-state index < -0.39 is 0 Å². The lowest BCUT2D eigenvalue weighted by molar-refractivity contribution is 0.0935. The van der Waals surface area contributed by atoms with Gasteiger partial charge in [0.05, 0.1) is 0 Å². The van der Waals surface area contributed by atoms with Gasteiger partial charge in [-0.15, -0.1) is 0 Å². The van der Waals surface area contributed by atoms with Crippen LogP contribution in [0, 0.1) is 29.6 Å². The highest BCUT2D eigenvalue weighted by molar-refractivity contribution is 4.85. The fourth-order valence-corrected chi connectivity index (χ4v) is 4.93. The van der Waals surface area contributed by atoms with E-state index in [1.165, 1.54) is 44.9 Å². The smallest absolute Gasteiger partial charge is 0.0360 e. The minimum atomic E-state index is 1.01. The molecule has 0 spiro atoms. The molecule has 0 bridgehead atoms. The summed E-state index contributed by atoms with van der Waals surface area (Å²) in [7, 11) is 0. The van der Waals surface area contributed by atoms with E-state index in [2.05, 4.69) is 20.8 Å². The van der Waals surface area contributed by atoms with Crippen LogP contribution >= 0.6 is 0 Å². The molecule has 0 heteroatoms. The Morgan fingerprint density at radius 3 is 2.06 bits per heavy atom. The van der Waals surface area contributed by atoms with Gasteiger partial charge in [0.25, 0.3) is 0 Å². The third-order valence-electron chi connectivity index (χ3n) is 6.12. The van der Waals surface area contributed by atoms with Crippen molar-refractivity contribution >= 4 is 0 Å². The van der Waals surface area contributed by atoms with Crippen molar-refractivity contribution < 1.29 is 0 Å². The van der Waals surface area contributed by atoms with E-state index in [9.17, 15) is 0 Å². The van der Waals surface area contributed by atoms with Crippen molar-refractivity contribution in [1.82, 2.24) is 0 Å². The minimum absolute atomic E-state index is 1.01. The van der Waals surface area contributed by atoms with Gasteiger partial charge >= 0.3 is 0 Å². The second-order valence-corrected chi connectivity index (χ2v) is 7.30. The highest BCUT2D eigenvalue weighted by Gasteiger charge is 2.34. The molecular weight excluding hydrogens is 216 g/mol. The molecule has 2 rings (SSSR count). The van der Waals surface area contributed by atoms with E-state index in [-0.39, 0.29) is 0 Å². The molecule has 3 unspecified atom stereocenters. The van der Waals surface area contributed by atoms with Gasteiger partial charge in [-0.2, -0.15) is 0 Å². The van der Waals surface area contributed by atoms with Crippen molar-refractivity contribution in [2.45, 2.75) is 85.0 Å². The fraction of sp³-hybridized carbons (Fsp3) is 1.00. The molecule has 18 heavy (non-hydrogen) atoms. The molecule has 2 fully saturated rings. The molecule has 0 nitrogen and oxygen atoms in total. The first-order valence-corrected chi connectivity index (χ1v) is 8.74. The average Bonchev–Trinajstić information content (AvgIpc) is 2.40. The molecule has 106 valence electrons. The fourth-order valence-electron chi connectivity index (χ4n) is 4.93. The van der Waals surface area contributed by atoms with Gasteiger partial charge in [-0.1, -0.05) is 59.3 Å². The van der Waals surface area contributed by atoms with Crippen LogP contribution in [0.1, 0.15) is 85.0 Å². The average molecular weight is 250 g/mol. The van der Waals surface area contributed by atoms with Gasteiger partial charge in [-0.3, -0.25) is 0 Å². The second kappa shape index (κ2) is 6.96. The highest BCUT2D eigenvalue weighted by atomic mass is 14.4. The molecule has 3 atom stereocenters. The molecule has 0 heterocycles. The van der Waals surface area contributed by atoms with Crippen molar-refractivity contribution in [3.8, 4) is 0 Å². The predicted octanol–water partition coefficient (Wildman–Crippen LogP) is 6.06. The first-order valence-electron chi connectivity index (χ1n) is 8.74. The van der Waals surface area contributed by atoms with Gasteiger partial charge in [0.1, 0.15) is 0 Å². The standard InChI is InChI=1S/C18H34/c1-4-6-16-9-12-18(14(3)13-16)17-10-7-15(5-2)8-11-17/h14-18H,4-13H2,1-3H3. The molecule has 2 aliphatic rings. The van der Waals surface area contributed by atoms with Crippen LogP contribution in [-0.4, -0.2) is 0 Å². The van der Waals surface area contributed by atoms with Gasteiger partial charge in [0, 0.05) is 0 Å². The lowest BCUT2D eigenvalue weighted by Crippen LogP contribution is -2.31. The quantitative estimate of drug-likeness (QED) is 0.569. The van der Waals surface area contributed by atoms with Crippen LogP contribution in [0.15, 0.2) is 0 Å². The third kappa shape index (κ3) is 3.52. The van der Waals surface area contributed by atoms with E-state index in [0.29, 0.717) is 0 Å². The normalized spacial score (nSPS) is 41.8. The lowest BCUT2D eigenvalue weighted by atomic mass is 9.64. The summed E-state index contributed by atoms with van der Waals surface area (Å²) in [6, 6.07) is 0. The van der Waals surface area contributed by atoms with Crippen LogP contribution in [0.25, 0.3) is 0 Å². The zero-order valence-electron chi connectivity index (χ0n) is 13.0. The highest BCUT2D eigenvalue weighted by Crippen LogP contribution is 2.45. The summed E-state index contributed by atoms with van der Waals surface area (Å²) < 4.78 is 0. The van der Waals surface area contributed by atoms with E-state index in [1.54, 1.807) is 19.3 Å². The molecule has 2 aliphatic carbocycles. The Kier molecular flexibility index (Phi) is 5.57. The minimum Gasteiger partial charge on any atom is -0.0654 e. The largest absolute Gasteiger partial charge is 0.0654 e. The van der Waals surface area contributed by atoms with Crippen molar-refractivity contribution in [2.24, 2.45) is 29.6 Å². The van der Waals surface area contributed by atoms with Crippen molar-refractivity contribution in [2.75, 3.05) is 0 Å². The van der Waals surface area contributed by atoms with Crippen LogP contribution < -0.4 is 0 Å². The van der Waals surface area contributed by atoms with E-state index >= 15 is 0 Å². The Morgan fingerprint density at radius 1 is 0.833 bits per heavy atom. The summed E-state index contributed by atoms with van der Waals surface area (Å²) in [5.74, 6) is 5.31. The Morgan fingerprint density at radius 2 is 1.50 bits per heavy atom. The zero-order valence-corrected chi connectivity index (χ0v) is 13.0. The molecule has 2 saturated carbocycles. The Bertz CT molecular complexity index is 224. The van der Waals surface area contributed by atoms with Crippen LogP contribution in [0.4, 0.5) is 0 Å². The van der Waals surface area contributed by atoms with Crippen LogP contribution in [0.5, 0.6) is 0 Å². The summed E-state index contributed by atoms with van der Waals surface area (Å²) in [6.07, 6.45) is 15.1. The molecule has 0 aromatic heterocycles. The Balaban J connectivity index is 1.80. The maximum atomic E-state index is 2.55. The van der Waals surface area contributed by atoms with Crippen LogP contribution in [0.3, 0.4) is 0 Å². The zero-order chi connectivity index (χ0) is 13.0. The van der Waals surface area contributed by atoms with Crippen LogP contribution in [0.2, 0.25) is 0 Å². The van der Waals surface area contributed by atoms with Crippen LogP contribution in [-0.2, 0) is 0 Å². The molecular formula is C18H34. The van der Waals surface area contributed by atoms with Crippen molar-refractivity contribution in [3.05, 3.63) is 0 Å². The number of rotatable bonds is 4. The monoisotopic (exact) mass is 250 g/mol. The summed E-state index contributed by atoms with van der Waals surface area (Å²) in [4.78, 5) is 0. The Labute approximate surface area is 115 Å². The molecule has 0 saturated heterocycles. The van der Waals surface area contributed by atoms with Gasteiger partial charge in [0.15, 0.2) is 0 Å². The number of hydrogen-bond acceptors (Lipinski definition) is 0. The Hall–Kier alpha value is 0. The van der Waals surface area contributed by atoms with E-state index in [0.717, 1.165) is 29.6 Å². The maximum Gasteiger partial charge on any atom is -0.0360 e. The second-order valence-electron chi connectivity index (χ2n) is 7.30. The van der Waals surface area contributed by atoms with Gasteiger partial charge in [0.2, 0.25) is 0 Å². The summed E-state index contributed by atoms with van der Waals surface area (Å²) in [6.45, 7) is 7.28. The van der Waals surface area contributed by atoms with Crippen molar-refractivity contribution in [3.63, 3.8) is 0 Å². The predicted molar refractivity (Wildman–Crippen MR) is 80.6 cm³/mol. The summed E-state index contributed by atoms with van der Waals surface area (Å²) >= 11 is 0. The number of hydrogen-bond donors (Lipinski definition) is 0. The molecule has 0 amide bonds. The SMILES string of the molecule is CCCC1CCC(C2CCC(CC)CC2)C(C)C1. The van der Waals surface area contributed by atoms with Gasteiger partial charge in [-0.25, -0.2) is 0 Å². The maximum absolute atomic E-state index is 2.55. The topological polar surface area (TPSA) is 0 Å².